The van der Waals surface area contributed by atoms with Crippen LogP contribution in [-0.2, 0) is 20.7 Å². The van der Waals surface area contributed by atoms with Crippen LogP contribution in [0.4, 0.5) is 0 Å². The molecule has 0 radical (unpaired) electrons. The average Bonchev–Trinajstić information content (AvgIpc) is 2.62. The minimum Gasteiger partial charge on any atom is -0.619 e. The third-order valence-electron chi connectivity index (χ3n) is 4.98. The predicted octanol–water partition coefficient (Wildman–Crippen LogP) is 0.770. The number of hydrogen-bond acceptors (Lipinski definition) is 5. The van der Waals surface area contributed by atoms with Gasteiger partial charge in [0.1, 0.15) is 0 Å². The van der Waals surface area contributed by atoms with Crippen molar-refractivity contribution in [2.24, 2.45) is 11.7 Å². The molecule has 0 unspecified atom stereocenters. The second-order valence-electron chi connectivity index (χ2n) is 6.66. The van der Waals surface area contributed by atoms with Gasteiger partial charge in [-0.3, -0.25) is 9.59 Å². The van der Waals surface area contributed by atoms with Crippen molar-refractivity contribution in [3.63, 3.8) is 0 Å². The van der Waals surface area contributed by atoms with Crippen LogP contribution in [0.25, 0.3) is 0 Å². The van der Waals surface area contributed by atoms with E-state index < -0.39 is 11.9 Å². The fourth-order valence-corrected chi connectivity index (χ4v) is 3.48. The minimum atomic E-state index is -0.644. The van der Waals surface area contributed by atoms with Gasteiger partial charge in [-0.25, -0.2) is 0 Å². The molecule has 7 heteroatoms. The maximum absolute atomic E-state index is 13.0. The Hall–Kier alpha value is -2.15. The van der Waals surface area contributed by atoms with Crippen LogP contribution in [0, 0.1) is 11.1 Å². The number of carbonyl (C=O) groups is 2. The number of nitrogens with zero attached hydrogens (tertiary/aromatic N) is 2. The molecule has 2 N–H and O–H groups in total. The van der Waals surface area contributed by atoms with Gasteiger partial charge in [0.05, 0.1) is 19.4 Å². The number of likely N-dealkylation sites (N-methyl/N-ethyl adjacent to an activating group) is 1. The highest BCUT2D eigenvalue weighted by atomic mass is 16.5. The number of ether oxygens (including phenoxy) is 1. The summed E-state index contributed by atoms with van der Waals surface area (Å²) in [6, 6.07) is 4.95. The van der Waals surface area contributed by atoms with Crippen molar-refractivity contribution in [3.8, 4) is 0 Å². The Morgan fingerprint density at radius 2 is 2.12 bits per heavy atom. The van der Waals surface area contributed by atoms with E-state index in [0.717, 1.165) is 30.4 Å². The van der Waals surface area contributed by atoms with Crippen molar-refractivity contribution in [1.82, 2.24) is 4.90 Å². The zero-order chi connectivity index (χ0) is 18.4. The lowest BCUT2D eigenvalue weighted by Crippen LogP contribution is -2.52. The molecule has 0 aliphatic heterocycles. The van der Waals surface area contributed by atoms with E-state index >= 15 is 0 Å². The third-order valence-corrected chi connectivity index (χ3v) is 4.98. The number of hydrogen-bond donors (Lipinski definition) is 1. The molecule has 1 aromatic rings. The second-order valence-corrected chi connectivity index (χ2v) is 6.66. The summed E-state index contributed by atoms with van der Waals surface area (Å²) >= 11 is 0. The van der Waals surface area contributed by atoms with E-state index in [1.54, 1.807) is 30.1 Å². The molecule has 1 aliphatic rings. The van der Waals surface area contributed by atoms with Gasteiger partial charge in [0, 0.05) is 37.7 Å². The Morgan fingerprint density at radius 1 is 1.40 bits per heavy atom. The number of carbonyl (C=O) groups excluding carboxylic acids is 2. The van der Waals surface area contributed by atoms with Crippen LogP contribution in [0.5, 0.6) is 0 Å². The van der Waals surface area contributed by atoms with Gasteiger partial charge in [0.2, 0.25) is 5.91 Å². The number of esters is 1. The van der Waals surface area contributed by atoms with Gasteiger partial charge in [-0.1, -0.05) is 18.9 Å². The maximum Gasteiger partial charge on any atom is 0.306 e. The molecule has 138 valence electrons. The topological polar surface area (TPSA) is 99.6 Å². The first-order chi connectivity index (χ1) is 11.9. The standard InChI is InChI=1S/C18H27N3O4/c1-20(16-9-4-3-8-15(16)19)18(23)13(12-17(22)25-2)11-14-7-5-6-10-21(14)24/h5-7,10,13,15-16H,3-4,8-9,11-12,19H2,1-2H3/t13-,15+,16+/m1/s1. The molecule has 0 spiro atoms. The summed E-state index contributed by atoms with van der Waals surface area (Å²) in [6.07, 6.45) is 5.38. The molecule has 1 amide bonds. The molecule has 2 rings (SSSR count). The summed E-state index contributed by atoms with van der Waals surface area (Å²) in [4.78, 5) is 26.4. The van der Waals surface area contributed by atoms with E-state index in [0.29, 0.717) is 5.69 Å². The highest BCUT2D eigenvalue weighted by Crippen LogP contribution is 2.24. The molecule has 3 atom stereocenters. The number of methoxy groups -OCH3 is 1. The van der Waals surface area contributed by atoms with Gasteiger partial charge in [-0.05, 0) is 12.8 Å². The van der Waals surface area contributed by atoms with Crippen molar-refractivity contribution < 1.29 is 19.1 Å². The van der Waals surface area contributed by atoms with Crippen LogP contribution >= 0.6 is 0 Å². The van der Waals surface area contributed by atoms with Crippen LogP contribution in [-0.4, -0.2) is 43.0 Å². The molecule has 1 fully saturated rings. The molecular formula is C18H27N3O4. The summed E-state index contributed by atoms with van der Waals surface area (Å²) in [5.41, 5.74) is 6.63. The first-order valence-electron chi connectivity index (χ1n) is 8.70. The molecule has 1 saturated carbocycles. The van der Waals surface area contributed by atoms with Gasteiger partial charge < -0.3 is 20.6 Å². The summed E-state index contributed by atoms with van der Waals surface area (Å²) in [6.45, 7) is 0. The number of aromatic nitrogens is 1. The number of amides is 1. The predicted molar refractivity (Wildman–Crippen MR) is 92.2 cm³/mol. The van der Waals surface area contributed by atoms with Crippen molar-refractivity contribution >= 4 is 11.9 Å². The van der Waals surface area contributed by atoms with E-state index in [9.17, 15) is 14.8 Å². The first-order valence-corrected chi connectivity index (χ1v) is 8.70. The van der Waals surface area contributed by atoms with E-state index in [2.05, 4.69) is 0 Å². The fraction of sp³-hybridized carbons (Fsp3) is 0.611. The highest BCUT2D eigenvalue weighted by molar-refractivity contribution is 5.84. The van der Waals surface area contributed by atoms with Crippen molar-refractivity contribution in [2.75, 3.05) is 14.2 Å². The molecule has 0 saturated heterocycles. The zero-order valence-corrected chi connectivity index (χ0v) is 14.9. The van der Waals surface area contributed by atoms with Crippen molar-refractivity contribution in [2.45, 2.75) is 50.6 Å². The Morgan fingerprint density at radius 3 is 2.76 bits per heavy atom. The minimum absolute atomic E-state index is 0.0310. The largest absolute Gasteiger partial charge is 0.619 e. The van der Waals surface area contributed by atoms with Gasteiger partial charge in [-0.15, -0.1) is 0 Å². The lowest BCUT2D eigenvalue weighted by atomic mass is 9.88. The van der Waals surface area contributed by atoms with Gasteiger partial charge in [-0.2, -0.15) is 4.73 Å². The lowest BCUT2D eigenvalue weighted by molar-refractivity contribution is -0.614. The third kappa shape index (κ3) is 4.92. The summed E-state index contributed by atoms with van der Waals surface area (Å²) < 4.78 is 5.45. The van der Waals surface area contributed by atoms with Gasteiger partial charge >= 0.3 is 5.97 Å². The number of nitrogens with two attached hydrogens (primary N) is 1. The molecule has 0 bridgehead atoms. The van der Waals surface area contributed by atoms with E-state index in [1.807, 2.05) is 0 Å². The monoisotopic (exact) mass is 349 g/mol. The van der Waals surface area contributed by atoms with Crippen LogP contribution in [0.15, 0.2) is 24.4 Å². The molecule has 7 nitrogen and oxygen atoms in total. The lowest BCUT2D eigenvalue weighted by Gasteiger charge is -2.37. The van der Waals surface area contributed by atoms with Crippen molar-refractivity contribution in [3.05, 3.63) is 35.3 Å². The highest BCUT2D eigenvalue weighted by Gasteiger charge is 2.34. The molecule has 1 aliphatic carbocycles. The van der Waals surface area contributed by atoms with E-state index in [-0.39, 0.29) is 30.8 Å². The smallest absolute Gasteiger partial charge is 0.306 e. The summed E-state index contributed by atoms with van der Waals surface area (Å²) in [5.74, 6) is -1.28. The van der Waals surface area contributed by atoms with Gasteiger partial charge in [0.15, 0.2) is 11.9 Å². The van der Waals surface area contributed by atoms with Crippen LogP contribution in [0.2, 0.25) is 0 Å². The Kier molecular flexibility index (Phi) is 6.75. The van der Waals surface area contributed by atoms with Crippen LogP contribution < -0.4 is 10.5 Å². The first kappa shape index (κ1) is 19.2. The Labute approximate surface area is 148 Å². The average molecular weight is 349 g/mol. The number of rotatable bonds is 6. The van der Waals surface area contributed by atoms with E-state index in [4.69, 9.17) is 10.5 Å². The zero-order valence-electron chi connectivity index (χ0n) is 14.9. The molecule has 0 aromatic carbocycles. The van der Waals surface area contributed by atoms with E-state index in [1.165, 1.54) is 13.3 Å². The molecule has 1 heterocycles. The Balaban J connectivity index is 2.17. The second kappa shape index (κ2) is 8.80. The summed E-state index contributed by atoms with van der Waals surface area (Å²) in [7, 11) is 3.03. The van der Waals surface area contributed by atoms with Crippen LogP contribution in [0.1, 0.15) is 37.8 Å². The normalized spacial score (nSPS) is 21.4. The number of pyridine rings is 1. The maximum atomic E-state index is 13.0. The fourth-order valence-electron chi connectivity index (χ4n) is 3.48. The van der Waals surface area contributed by atoms with Crippen molar-refractivity contribution in [1.29, 1.82) is 0 Å². The Bertz CT molecular complexity index is 608. The summed E-state index contributed by atoms with van der Waals surface area (Å²) in [5, 5.41) is 11.9. The van der Waals surface area contributed by atoms with Crippen LogP contribution in [0.3, 0.4) is 0 Å². The van der Waals surface area contributed by atoms with Gasteiger partial charge in [0.25, 0.3) is 0 Å². The quantitative estimate of drug-likeness (QED) is 0.464. The molecule has 25 heavy (non-hydrogen) atoms. The SMILES string of the molecule is COC(=O)C[C@@H](Cc1cccc[n+]1[O-])C(=O)N(C)[C@H]1CCCC[C@@H]1N. The molecule has 1 aromatic heterocycles. The molecular weight excluding hydrogens is 322 g/mol.